The van der Waals surface area contributed by atoms with Crippen LogP contribution in [0.3, 0.4) is 0 Å². The Morgan fingerprint density at radius 1 is 1.16 bits per heavy atom. The summed E-state index contributed by atoms with van der Waals surface area (Å²) in [5.41, 5.74) is 2.57. The lowest BCUT2D eigenvalue weighted by atomic mass is 10.1. The third kappa shape index (κ3) is 4.33. The van der Waals surface area contributed by atoms with E-state index in [2.05, 4.69) is 29.2 Å². The molecule has 1 saturated heterocycles. The van der Waals surface area contributed by atoms with Crippen LogP contribution in [0.15, 0.2) is 24.3 Å². The zero-order valence-electron chi connectivity index (χ0n) is 11.6. The Bertz CT molecular complexity index is 408. The van der Waals surface area contributed by atoms with Gasteiger partial charge in [-0.15, -0.1) is 0 Å². The van der Waals surface area contributed by atoms with Gasteiger partial charge in [-0.3, -0.25) is 5.84 Å². The highest BCUT2D eigenvalue weighted by Gasteiger charge is 2.14. The van der Waals surface area contributed by atoms with Crippen molar-refractivity contribution < 1.29 is 4.79 Å². The van der Waals surface area contributed by atoms with Gasteiger partial charge in [-0.05, 0) is 37.5 Å². The molecule has 0 unspecified atom stereocenters. The van der Waals surface area contributed by atoms with Crippen LogP contribution < -0.4 is 10.7 Å². The SMILES string of the molecule is CC(=O)CCCc1ccc(N2CCN(N)CC2)cc1. The first kappa shape index (κ1) is 14.0. The third-order valence-corrected chi connectivity index (χ3v) is 3.61. The first-order valence-corrected chi connectivity index (χ1v) is 6.98. The van der Waals surface area contributed by atoms with Gasteiger partial charge in [-0.1, -0.05) is 12.1 Å². The lowest BCUT2D eigenvalue weighted by Gasteiger charge is -2.33. The average Bonchev–Trinajstić information content (AvgIpc) is 2.40. The zero-order chi connectivity index (χ0) is 13.7. The summed E-state index contributed by atoms with van der Waals surface area (Å²) in [5, 5.41) is 1.87. The van der Waals surface area contributed by atoms with Crippen LogP contribution in [-0.4, -0.2) is 37.0 Å². The highest BCUT2D eigenvalue weighted by molar-refractivity contribution is 5.75. The molecule has 1 aromatic carbocycles. The van der Waals surface area contributed by atoms with Crippen LogP contribution in [0, 0.1) is 0 Å². The molecule has 0 aromatic heterocycles. The average molecular weight is 261 g/mol. The van der Waals surface area contributed by atoms with E-state index in [1.165, 1.54) is 11.3 Å². The van der Waals surface area contributed by atoms with Crippen LogP contribution in [0.25, 0.3) is 0 Å². The molecular weight excluding hydrogens is 238 g/mol. The van der Waals surface area contributed by atoms with E-state index in [4.69, 9.17) is 5.84 Å². The highest BCUT2D eigenvalue weighted by Crippen LogP contribution is 2.17. The predicted octanol–water partition coefficient (Wildman–Crippen LogP) is 1.59. The third-order valence-electron chi connectivity index (χ3n) is 3.61. The predicted molar refractivity (Wildman–Crippen MR) is 78.0 cm³/mol. The zero-order valence-corrected chi connectivity index (χ0v) is 11.6. The molecule has 0 radical (unpaired) electrons. The maximum absolute atomic E-state index is 10.9. The van der Waals surface area contributed by atoms with Gasteiger partial charge >= 0.3 is 0 Å². The molecule has 0 amide bonds. The number of hydrogen-bond acceptors (Lipinski definition) is 4. The van der Waals surface area contributed by atoms with Crippen molar-refractivity contribution in [3.63, 3.8) is 0 Å². The largest absolute Gasteiger partial charge is 0.369 e. The molecule has 1 aliphatic heterocycles. The molecule has 1 heterocycles. The summed E-state index contributed by atoms with van der Waals surface area (Å²) in [7, 11) is 0. The maximum Gasteiger partial charge on any atom is 0.129 e. The minimum Gasteiger partial charge on any atom is -0.369 e. The van der Waals surface area contributed by atoms with Gasteiger partial charge in [0, 0.05) is 38.3 Å². The molecule has 19 heavy (non-hydrogen) atoms. The minimum atomic E-state index is 0.274. The second-order valence-corrected chi connectivity index (χ2v) is 5.25. The lowest BCUT2D eigenvalue weighted by Crippen LogP contribution is -2.49. The van der Waals surface area contributed by atoms with Crippen molar-refractivity contribution in [1.82, 2.24) is 5.01 Å². The molecule has 104 valence electrons. The number of hydrogen-bond donors (Lipinski definition) is 1. The van der Waals surface area contributed by atoms with Crippen molar-refractivity contribution in [2.45, 2.75) is 26.2 Å². The van der Waals surface area contributed by atoms with E-state index in [9.17, 15) is 4.79 Å². The van der Waals surface area contributed by atoms with Gasteiger partial charge in [0.15, 0.2) is 0 Å². The van der Waals surface area contributed by atoms with Crippen molar-refractivity contribution in [2.24, 2.45) is 5.84 Å². The molecule has 1 aliphatic rings. The topological polar surface area (TPSA) is 49.6 Å². The van der Waals surface area contributed by atoms with Gasteiger partial charge < -0.3 is 9.69 Å². The molecule has 1 fully saturated rings. The summed E-state index contributed by atoms with van der Waals surface area (Å²) in [6, 6.07) is 8.69. The van der Waals surface area contributed by atoms with Gasteiger partial charge in [0.2, 0.25) is 0 Å². The summed E-state index contributed by atoms with van der Waals surface area (Å²) in [6.45, 7) is 5.46. The first-order chi connectivity index (χ1) is 9.15. The number of benzene rings is 1. The van der Waals surface area contributed by atoms with Crippen molar-refractivity contribution in [2.75, 3.05) is 31.1 Å². The number of carbonyl (C=O) groups is 1. The van der Waals surface area contributed by atoms with Gasteiger partial charge in [-0.25, -0.2) is 5.01 Å². The lowest BCUT2D eigenvalue weighted by molar-refractivity contribution is -0.117. The Kier molecular flexibility index (Phi) is 4.93. The fourth-order valence-corrected chi connectivity index (χ4v) is 2.40. The van der Waals surface area contributed by atoms with Crippen LogP contribution in [-0.2, 0) is 11.2 Å². The number of anilines is 1. The molecule has 0 saturated carbocycles. The molecule has 0 spiro atoms. The van der Waals surface area contributed by atoms with Gasteiger partial charge in [0.05, 0.1) is 0 Å². The number of ketones is 1. The van der Waals surface area contributed by atoms with E-state index in [0.717, 1.165) is 39.0 Å². The molecule has 2 rings (SSSR count). The molecule has 0 aliphatic carbocycles. The smallest absolute Gasteiger partial charge is 0.129 e. The molecule has 2 N–H and O–H groups in total. The molecule has 1 aromatic rings. The molecule has 0 bridgehead atoms. The monoisotopic (exact) mass is 261 g/mol. The van der Waals surface area contributed by atoms with Crippen molar-refractivity contribution >= 4 is 11.5 Å². The van der Waals surface area contributed by atoms with Crippen molar-refractivity contribution in [1.29, 1.82) is 0 Å². The van der Waals surface area contributed by atoms with Gasteiger partial charge in [0.1, 0.15) is 5.78 Å². The number of rotatable bonds is 5. The molecular formula is C15H23N3O. The van der Waals surface area contributed by atoms with Gasteiger partial charge in [0.25, 0.3) is 0 Å². The summed E-state index contributed by atoms with van der Waals surface area (Å²) in [4.78, 5) is 13.3. The second kappa shape index (κ2) is 6.68. The fraction of sp³-hybridized carbons (Fsp3) is 0.533. The number of nitrogens with two attached hydrogens (primary N) is 1. The normalized spacial score (nSPS) is 16.6. The Hall–Kier alpha value is -1.39. The summed E-state index contributed by atoms with van der Waals surface area (Å²) in [5.74, 6) is 6.03. The van der Waals surface area contributed by atoms with E-state index in [-0.39, 0.29) is 5.78 Å². The van der Waals surface area contributed by atoms with E-state index in [0.29, 0.717) is 6.42 Å². The van der Waals surface area contributed by atoms with Crippen molar-refractivity contribution in [3.05, 3.63) is 29.8 Å². The number of hydrazine groups is 1. The van der Waals surface area contributed by atoms with E-state index < -0.39 is 0 Å². The molecule has 4 heteroatoms. The second-order valence-electron chi connectivity index (χ2n) is 5.25. The fourth-order valence-electron chi connectivity index (χ4n) is 2.40. The Labute approximate surface area is 115 Å². The minimum absolute atomic E-state index is 0.274. The first-order valence-electron chi connectivity index (χ1n) is 6.98. The van der Waals surface area contributed by atoms with Crippen LogP contribution >= 0.6 is 0 Å². The quantitative estimate of drug-likeness (QED) is 0.818. The standard InChI is InChI=1S/C15H23N3O/c1-13(19)3-2-4-14-5-7-15(8-6-14)17-9-11-18(16)12-10-17/h5-8H,2-4,9-12,16H2,1H3. The van der Waals surface area contributed by atoms with E-state index in [1.54, 1.807) is 6.92 Å². The number of aryl methyl sites for hydroxylation is 1. The maximum atomic E-state index is 10.9. The number of carbonyl (C=O) groups excluding carboxylic acids is 1. The van der Waals surface area contributed by atoms with Crippen LogP contribution in [0.2, 0.25) is 0 Å². The Balaban J connectivity index is 1.85. The van der Waals surface area contributed by atoms with Gasteiger partial charge in [-0.2, -0.15) is 0 Å². The summed E-state index contributed by atoms with van der Waals surface area (Å²) >= 11 is 0. The van der Waals surface area contributed by atoms with Crippen LogP contribution in [0.4, 0.5) is 5.69 Å². The molecule has 0 atom stereocenters. The molecule has 4 nitrogen and oxygen atoms in total. The van der Waals surface area contributed by atoms with Crippen LogP contribution in [0.1, 0.15) is 25.3 Å². The van der Waals surface area contributed by atoms with Crippen molar-refractivity contribution in [3.8, 4) is 0 Å². The summed E-state index contributed by atoms with van der Waals surface area (Å²) in [6.07, 6.45) is 2.61. The van der Waals surface area contributed by atoms with Crippen LogP contribution in [0.5, 0.6) is 0 Å². The van der Waals surface area contributed by atoms with E-state index in [1.807, 2.05) is 5.01 Å². The van der Waals surface area contributed by atoms with E-state index >= 15 is 0 Å². The Morgan fingerprint density at radius 2 is 1.79 bits per heavy atom. The number of Topliss-reactive ketones (excluding diaryl/α,β-unsaturated/α-hetero) is 1. The highest BCUT2D eigenvalue weighted by atomic mass is 16.1. The number of nitrogens with zero attached hydrogens (tertiary/aromatic N) is 2. The number of piperazine rings is 1. The Morgan fingerprint density at radius 3 is 2.37 bits per heavy atom. The summed E-state index contributed by atoms with van der Waals surface area (Å²) < 4.78 is 0.